The zero-order valence-corrected chi connectivity index (χ0v) is 11.6. The Hall–Kier alpha value is -1.91. The van der Waals surface area contributed by atoms with Crippen molar-refractivity contribution in [1.29, 1.82) is 0 Å². The predicted octanol–water partition coefficient (Wildman–Crippen LogP) is 2.57. The molecule has 0 saturated heterocycles. The lowest BCUT2D eigenvalue weighted by atomic mass is 10.1. The number of rotatable bonds is 6. The summed E-state index contributed by atoms with van der Waals surface area (Å²) in [7, 11) is 1.68. The Morgan fingerprint density at radius 1 is 1.37 bits per heavy atom. The van der Waals surface area contributed by atoms with Crippen LogP contribution < -0.4 is 4.90 Å². The van der Waals surface area contributed by atoms with Gasteiger partial charge < -0.3 is 10.0 Å². The second kappa shape index (κ2) is 6.87. The van der Waals surface area contributed by atoms with Crippen LogP contribution in [0, 0.1) is 5.92 Å². The lowest BCUT2D eigenvalue weighted by molar-refractivity contribution is -0.118. The number of nitrogens with zero attached hydrogens (tertiary/aromatic N) is 2. The van der Waals surface area contributed by atoms with Crippen molar-refractivity contribution >= 4 is 17.6 Å². The van der Waals surface area contributed by atoms with Gasteiger partial charge in [0.05, 0.1) is 11.9 Å². The van der Waals surface area contributed by atoms with Gasteiger partial charge in [0.15, 0.2) is 0 Å². The number of hydrogen-bond acceptors (Lipinski definition) is 3. The third-order valence-electron chi connectivity index (χ3n) is 2.90. The van der Waals surface area contributed by atoms with Crippen molar-refractivity contribution in [3.63, 3.8) is 0 Å². The maximum atomic E-state index is 11.9. The predicted molar refractivity (Wildman–Crippen MR) is 73.3 cm³/mol. The second-order valence-electron chi connectivity index (χ2n) is 4.95. The van der Waals surface area contributed by atoms with E-state index in [4.69, 9.17) is 5.11 Å². The third kappa shape index (κ3) is 4.69. The Balaban J connectivity index is 2.58. The van der Waals surface area contributed by atoms with E-state index in [-0.39, 0.29) is 11.6 Å². The molecule has 0 bridgehead atoms. The molecule has 1 aromatic heterocycles. The molecule has 19 heavy (non-hydrogen) atoms. The van der Waals surface area contributed by atoms with Gasteiger partial charge >= 0.3 is 5.97 Å². The van der Waals surface area contributed by atoms with Gasteiger partial charge in [-0.2, -0.15) is 0 Å². The van der Waals surface area contributed by atoms with Crippen molar-refractivity contribution in [3.8, 4) is 0 Å². The van der Waals surface area contributed by atoms with E-state index in [1.165, 1.54) is 17.2 Å². The van der Waals surface area contributed by atoms with Crippen molar-refractivity contribution < 1.29 is 14.7 Å². The van der Waals surface area contributed by atoms with E-state index in [1.807, 2.05) is 0 Å². The molecule has 0 aromatic carbocycles. The standard InChI is InChI=1S/C14H20N2O3/c1-10(2)5-4-6-13(17)16(3)11-7-8-12(14(18)19)15-9-11/h7-10H,4-6H2,1-3H3,(H,18,19). The highest BCUT2D eigenvalue weighted by atomic mass is 16.4. The summed E-state index contributed by atoms with van der Waals surface area (Å²) < 4.78 is 0. The summed E-state index contributed by atoms with van der Waals surface area (Å²) in [6.45, 7) is 4.26. The van der Waals surface area contributed by atoms with Crippen LogP contribution in [0.3, 0.4) is 0 Å². The van der Waals surface area contributed by atoms with Gasteiger partial charge in [-0.3, -0.25) is 4.79 Å². The van der Waals surface area contributed by atoms with Gasteiger partial charge in [0.25, 0.3) is 0 Å². The number of hydrogen-bond donors (Lipinski definition) is 1. The monoisotopic (exact) mass is 264 g/mol. The Morgan fingerprint density at radius 2 is 2.05 bits per heavy atom. The lowest BCUT2D eigenvalue weighted by Crippen LogP contribution is -2.26. The summed E-state index contributed by atoms with van der Waals surface area (Å²) in [5.74, 6) is -0.461. The lowest BCUT2D eigenvalue weighted by Gasteiger charge is -2.17. The van der Waals surface area contributed by atoms with Crippen molar-refractivity contribution in [2.75, 3.05) is 11.9 Å². The van der Waals surface area contributed by atoms with E-state index in [0.717, 1.165) is 12.8 Å². The van der Waals surface area contributed by atoms with Crippen LogP contribution >= 0.6 is 0 Å². The molecule has 1 heterocycles. The largest absolute Gasteiger partial charge is 0.477 e. The Labute approximate surface area is 113 Å². The van der Waals surface area contributed by atoms with Gasteiger partial charge in [-0.05, 0) is 24.5 Å². The number of pyridine rings is 1. The van der Waals surface area contributed by atoms with Gasteiger partial charge in [-0.25, -0.2) is 9.78 Å². The van der Waals surface area contributed by atoms with Crippen LogP contribution in [0.25, 0.3) is 0 Å². The van der Waals surface area contributed by atoms with Crippen molar-refractivity contribution in [2.24, 2.45) is 5.92 Å². The van der Waals surface area contributed by atoms with E-state index in [1.54, 1.807) is 13.1 Å². The van der Waals surface area contributed by atoms with Gasteiger partial charge in [0.2, 0.25) is 5.91 Å². The number of aromatic nitrogens is 1. The van der Waals surface area contributed by atoms with Crippen molar-refractivity contribution in [3.05, 3.63) is 24.0 Å². The first-order chi connectivity index (χ1) is 8.91. The average Bonchev–Trinajstić information content (AvgIpc) is 2.37. The first-order valence-corrected chi connectivity index (χ1v) is 6.37. The molecule has 1 rings (SSSR count). The number of carbonyl (C=O) groups is 2. The highest BCUT2D eigenvalue weighted by molar-refractivity contribution is 5.93. The molecule has 104 valence electrons. The fraction of sp³-hybridized carbons (Fsp3) is 0.500. The van der Waals surface area contributed by atoms with Crippen LogP contribution in [0.2, 0.25) is 0 Å². The minimum Gasteiger partial charge on any atom is -0.477 e. The Morgan fingerprint density at radius 3 is 2.53 bits per heavy atom. The molecule has 0 aliphatic heterocycles. The number of carboxylic acids is 1. The highest BCUT2D eigenvalue weighted by Crippen LogP contribution is 2.14. The second-order valence-corrected chi connectivity index (χ2v) is 4.95. The average molecular weight is 264 g/mol. The normalized spacial score (nSPS) is 10.5. The summed E-state index contributed by atoms with van der Waals surface area (Å²) in [5, 5.41) is 8.75. The van der Waals surface area contributed by atoms with Crippen molar-refractivity contribution in [2.45, 2.75) is 33.1 Å². The molecule has 0 fully saturated rings. The van der Waals surface area contributed by atoms with E-state index in [0.29, 0.717) is 18.0 Å². The Kier molecular flexibility index (Phi) is 5.48. The molecule has 0 spiro atoms. The summed E-state index contributed by atoms with van der Waals surface area (Å²) in [6, 6.07) is 2.99. The van der Waals surface area contributed by atoms with Crippen molar-refractivity contribution in [1.82, 2.24) is 4.98 Å². The molecule has 0 atom stereocenters. The molecule has 0 aliphatic rings. The van der Waals surface area contributed by atoms with Crippen LogP contribution in [-0.4, -0.2) is 29.0 Å². The number of carboxylic acid groups (broad SMARTS) is 1. The number of anilines is 1. The van der Waals surface area contributed by atoms with E-state index in [9.17, 15) is 9.59 Å². The van der Waals surface area contributed by atoms with Gasteiger partial charge in [0, 0.05) is 13.5 Å². The number of carbonyl (C=O) groups excluding carboxylic acids is 1. The maximum absolute atomic E-state index is 11.9. The van der Waals surface area contributed by atoms with Gasteiger partial charge in [-0.1, -0.05) is 20.3 Å². The molecule has 5 heteroatoms. The number of aromatic carboxylic acids is 1. The molecule has 1 N–H and O–H groups in total. The van der Waals surface area contributed by atoms with Crippen LogP contribution in [0.4, 0.5) is 5.69 Å². The molecule has 0 radical (unpaired) electrons. The first kappa shape index (κ1) is 15.1. The summed E-state index contributed by atoms with van der Waals surface area (Å²) >= 11 is 0. The fourth-order valence-electron chi connectivity index (χ4n) is 1.68. The minimum atomic E-state index is -1.07. The van der Waals surface area contributed by atoms with Gasteiger partial charge in [0.1, 0.15) is 5.69 Å². The van der Waals surface area contributed by atoms with E-state index >= 15 is 0 Å². The third-order valence-corrected chi connectivity index (χ3v) is 2.90. The maximum Gasteiger partial charge on any atom is 0.354 e. The molecule has 0 unspecified atom stereocenters. The molecule has 1 amide bonds. The zero-order chi connectivity index (χ0) is 14.4. The molecule has 1 aromatic rings. The topological polar surface area (TPSA) is 70.5 Å². The molecular weight excluding hydrogens is 244 g/mol. The Bertz CT molecular complexity index is 441. The SMILES string of the molecule is CC(C)CCCC(=O)N(C)c1ccc(C(=O)O)nc1. The fourth-order valence-corrected chi connectivity index (χ4v) is 1.68. The van der Waals surface area contributed by atoms with Crippen LogP contribution in [0.1, 0.15) is 43.6 Å². The highest BCUT2D eigenvalue weighted by Gasteiger charge is 2.12. The summed E-state index contributed by atoms with van der Waals surface area (Å²) in [5.41, 5.74) is 0.587. The van der Waals surface area contributed by atoms with E-state index in [2.05, 4.69) is 18.8 Å². The van der Waals surface area contributed by atoms with Gasteiger partial charge in [-0.15, -0.1) is 0 Å². The summed E-state index contributed by atoms with van der Waals surface area (Å²) in [6.07, 6.45) is 3.79. The molecule has 0 aliphatic carbocycles. The first-order valence-electron chi connectivity index (χ1n) is 6.37. The minimum absolute atomic E-state index is 0.0190. The van der Waals surface area contributed by atoms with Crippen LogP contribution in [0.15, 0.2) is 18.3 Å². The molecule has 5 nitrogen and oxygen atoms in total. The van der Waals surface area contributed by atoms with E-state index < -0.39 is 5.97 Å². The molecule has 0 saturated carbocycles. The zero-order valence-electron chi connectivity index (χ0n) is 11.6. The summed E-state index contributed by atoms with van der Waals surface area (Å²) in [4.78, 5) is 27.9. The number of amides is 1. The smallest absolute Gasteiger partial charge is 0.354 e. The molecular formula is C14H20N2O3. The van der Waals surface area contributed by atoms with Crippen LogP contribution in [-0.2, 0) is 4.79 Å². The quantitative estimate of drug-likeness (QED) is 0.857. The van der Waals surface area contributed by atoms with Crippen LogP contribution in [0.5, 0.6) is 0 Å².